The van der Waals surface area contributed by atoms with E-state index in [1.807, 2.05) is 0 Å². The summed E-state index contributed by atoms with van der Waals surface area (Å²) in [6.45, 7) is 3.54. The molecule has 1 aliphatic carbocycles. The first kappa shape index (κ1) is 20.6. The van der Waals surface area contributed by atoms with Gasteiger partial charge >= 0.3 is 0 Å². The predicted molar refractivity (Wildman–Crippen MR) is 108 cm³/mol. The Balaban J connectivity index is 1.60. The number of aromatic nitrogens is 3. The zero-order chi connectivity index (χ0) is 22.2. The number of amides is 1. The number of benzene rings is 1. The molecule has 0 bridgehead atoms. The number of carbonyl (C=O) groups excluding carboxylic acids is 1. The van der Waals surface area contributed by atoms with Crippen molar-refractivity contribution in [3.63, 3.8) is 0 Å². The Hall–Kier alpha value is -3.62. The number of phenolic OH excluding ortho intramolecular Hbond substituents is 1. The highest BCUT2D eigenvalue weighted by molar-refractivity contribution is 5.95. The highest BCUT2D eigenvalue weighted by atomic mass is 19.1. The van der Waals surface area contributed by atoms with Crippen LogP contribution in [0.5, 0.6) is 11.5 Å². The summed E-state index contributed by atoms with van der Waals surface area (Å²) in [5.74, 6) is -0.954. The van der Waals surface area contributed by atoms with Gasteiger partial charge in [0, 0.05) is 11.0 Å². The first-order valence-corrected chi connectivity index (χ1v) is 9.63. The van der Waals surface area contributed by atoms with Gasteiger partial charge in [-0.05, 0) is 50.6 Å². The highest BCUT2D eigenvalue weighted by Crippen LogP contribution is 2.57. The number of hydrogen-bond acceptors (Lipinski definition) is 6. The fourth-order valence-corrected chi connectivity index (χ4v) is 3.67. The second kappa shape index (κ2) is 7.90. The molecule has 0 radical (unpaired) electrons. The van der Waals surface area contributed by atoms with Crippen molar-refractivity contribution in [1.29, 1.82) is 0 Å². The molecule has 3 aromatic rings. The number of aromatic hydroxyl groups is 1. The number of rotatable bonds is 6. The molecule has 0 aliphatic heterocycles. The molecule has 160 valence electrons. The predicted octanol–water partition coefficient (Wildman–Crippen LogP) is 3.45. The molecule has 9 heteroatoms. The summed E-state index contributed by atoms with van der Waals surface area (Å²) in [6.07, 6.45) is 2.86. The van der Waals surface area contributed by atoms with Gasteiger partial charge in [-0.25, -0.2) is 23.7 Å². The van der Waals surface area contributed by atoms with E-state index >= 15 is 0 Å². The van der Waals surface area contributed by atoms with Crippen LogP contribution in [-0.4, -0.2) is 32.6 Å². The number of aryl methyl sites for hydroxylation is 2. The van der Waals surface area contributed by atoms with Crippen molar-refractivity contribution in [2.75, 3.05) is 11.9 Å². The first-order chi connectivity index (χ1) is 14.8. The minimum absolute atomic E-state index is 0.00616. The van der Waals surface area contributed by atoms with Crippen LogP contribution >= 0.6 is 0 Å². The molecule has 2 atom stereocenters. The normalized spacial score (nSPS) is 19.7. The summed E-state index contributed by atoms with van der Waals surface area (Å²) < 4.78 is 33.0. The Morgan fingerprint density at radius 3 is 2.68 bits per heavy atom. The van der Waals surface area contributed by atoms with Crippen molar-refractivity contribution in [2.24, 2.45) is 5.92 Å². The van der Waals surface area contributed by atoms with Crippen LogP contribution < -0.4 is 10.1 Å². The van der Waals surface area contributed by atoms with Gasteiger partial charge in [0.05, 0.1) is 30.6 Å². The van der Waals surface area contributed by atoms with Gasteiger partial charge in [-0.3, -0.25) is 4.79 Å². The highest BCUT2D eigenvalue weighted by Gasteiger charge is 2.61. The number of nitrogens with zero attached hydrogens (tertiary/aromatic N) is 3. The smallest absolute Gasteiger partial charge is 0.229 e. The molecule has 0 spiro atoms. The monoisotopic (exact) mass is 426 g/mol. The molecular formula is C22H20F2N4O3. The van der Waals surface area contributed by atoms with Crippen LogP contribution in [0.4, 0.5) is 14.6 Å². The van der Waals surface area contributed by atoms with Gasteiger partial charge in [-0.1, -0.05) is 0 Å². The third kappa shape index (κ3) is 4.16. The van der Waals surface area contributed by atoms with Crippen LogP contribution in [0.3, 0.4) is 0 Å². The minimum Gasteiger partial charge on any atom is -0.508 e. The van der Waals surface area contributed by atoms with E-state index in [0.717, 1.165) is 12.3 Å². The molecule has 2 aromatic heterocycles. The Bertz CT molecular complexity index is 1140. The standard InChI is InChI=1S/C22H20F2N4O3/c1-12-19(10-25-13(2)27-12)31-11-22(16-7-14(23)3-5-18(16)29)8-17(22)21(30)28-20-6-4-15(24)9-26-20/h3-7,9-10,17,29H,8,11H2,1-2H3,(H,26,28,30)/t17-,22+/m0/s1. The fourth-order valence-electron chi connectivity index (χ4n) is 3.67. The number of pyridine rings is 1. The third-order valence-electron chi connectivity index (χ3n) is 5.41. The average Bonchev–Trinajstić information content (AvgIpc) is 3.47. The van der Waals surface area contributed by atoms with Crippen molar-refractivity contribution < 1.29 is 23.4 Å². The number of carbonyl (C=O) groups is 1. The van der Waals surface area contributed by atoms with Crippen LogP contribution in [0.2, 0.25) is 0 Å². The maximum absolute atomic E-state index is 14.0. The van der Waals surface area contributed by atoms with E-state index in [1.54, 1.807) is 13.8 Å². The van der Waals surface area contributed by atoms with Gasteiger partial charge in [0.25, 0.3) is 0 Å². The van der Waals surface area contributed by atoms with Crippen molar-refractivity contribution in [2.45, 2.75) is 25.7 Å². The third-order valence-corrected chi connectivity index (χ3v) is 5.41. The van der Waals surface area contributed by atoms with Crippen molar-refractivity contribution >= 4 is 11.7 Å². The second-order valence-corrected chi connectivity index (χ2v) is 7.58. The molecule has 0 saturated heterocycles. The number of anilines is 1. The van der Waals surface area contributed by atoms with Crippen LogP contribution in [0.1, 0.15) is 23.5 Å². The molecule has 1 aromatic carbocycles. The summed E-state index contributed by atoms with van der Waals surface area (Å²) in [5, 5.41) is 13.0. The number of nitrogens with one attached hydrogen (secondary N) is 1. The Morgan fingerprint density at radius 2 is 1.97 bits per heavy atom. The van der Waals surface area contributed by atoms with E-state index < -0.39 is 23.0 Å². The first-order valence-electron chi connectivity index (χ1n) is 9.63. The molecule has 0 unspecified atom stereocenters. The van der Waals surface area contributed by atoms with Crippen LogP contribution in [0.15, 0.2) is 42.7 Å². The zero-order valence-electron chi connectivity index (χ0n) is 16.9. The lowest BCUT2D eigenvalue weighted by atomic mass is 9.92. The quantitative estimate of drug-likeness (QED) is 0.627. The molecule has 1 saturated carbocycles. The molecule has 1 fully saturated rings. The molecule has 4 rings (SSSR count). The second-order valence-electron chi connectivity index (χ2n) is 7.58. The molecular weight excluding hydrogens is 406 g/mol. The fraction of sp³-hybridized carbons (Fsp3) is 0.273. The summed E-state index contributed by atoms with van der Waals surface area (Å²) >= 11 is 0. The lowest BCUT2D eigenvalue weighted by molar-refractivity contribution is -0.117. The molecule has 1 aliphatic rings. The summed E-state index contributed by atoms with van der Waals surface area (Å²) in [5.41, 5.74) is -0.0400. The van der Waals surface area contributed by atoms with E-state index in [1.165, 1.54) is 30.5 Å². The average molecular weight is 426 g/mol. The van der Waals surface area contributed by atoms with Gasteiger partial charge in [-0.15, -0.1) is 0 Å². The van der Waals surface area contributed by atoms with Gasteiger partial charge in [0.2, 0.25) is 5.91 Å². The largest absolute Gasteiger partial charge is 0.508 e. The van der Waals surface area contributed by atoms with Gasteiger partial charge in [0.15, 0.2) is 5.75 Å². The van der Waals surface area contributed by atoms with E-state index in [2.05, 4.69) is 20.3 Å². The van der Waals surface area contributed by atoms with Crippen LogP contribution in [0, 0.1) is 31.4 Å². The summed E-state index contributed by atoms with van der Waals surface area (Å²) in [6, 6.07) is 6.14. The van der Waals surface area contributed by atoms with Crippen molar-refractivity contribution in [1.82, 2.24) is 15.0 Å². The lowest BCUT2D eigenvalue weighted by Gasteiger charge is -2.20. The van der Waals surface area contributed by atoms with E-state index in [4.69, 9.17) is 4.74 Å². The van der Waals surface area contributed by atoms with Crippen LogP contribution in [0.25, 0.3) is 0 Å². The number of ether oxygens (including phenoxy) is 1. The van der Waals surface area contributed by atoms with Gasteiger partial charge in [-0.2, -0.15) is 0 Å². The van der Waals surface area contributed by atoms with Crippen molar-refractivity contribution in [3.8, 4) is 11.5 Å². The Kier molecular flexibility index (Phi) is 5.26. The number of hydrogen-bond donors (Lipinski definition) is 2. The molecule has 31 heavy (non-hydrogen) atoms. The molecule has 1 amide bonds. The summed E-state index contributed by atoms with van der Waals surface area (Å²) in [4.78, 5) is 25.1. The minimum atomic E-state index is -0.951. The summed E-state index contributed by atoms with van der Waals surface area (Å²) in [7, 11) is 0. The molecule has 7 nitrogen and oxygen atoms in total. The zero-order valence-corrected chi connectivity index (χ0v) is 16.9. The maximum Gasteiger partial charge on any atom is 0.229 e. The number of halogens is 2. The van der Waals surface area contributed by atoms with E-state index in [0.29, 0.717) is 23.7 Å². The molecule has 2 heterocycles. The van der Waals surface area contributed by atoms with Gasteiger partial charge in [0.1, 0.15) is 29.0 Å². The Morgan fingerprint density at radius 1 is 1.19 bits per heavy atom. The number of phenols is 1. The van der Waals surface area contributed by atoms with E-state index in [-0.39, 0.29) is 29.6 Å². The van der Waals surface area contributed by atoms with Crippen LogP contribution in [-0.2, 0) is 10.2 Å². The lowest BCUT2D eigenvalue weighted by Crippen LogP contribution is -2.27. The maximum atomic E-state index is 14.0. The topological polar surface area (TPSA) is 97.2 Å². The SMILES string of the molecule is Cc1ncc(OC[C@@]2(c3cc(F)ccc3O)C[C@H]2C(=O)Nc2ccc(F)cn2)c(C)n1. The van der Waals surface area contributed by atoms with Crippen molar-refractivity contribution in [3.05, 3.63) is 71.4 Å². The Labute approximate surface area is 177 Å². The van der Waals surface area contributed by atoms with E-state index in [9.17, 15) is 18.7 Å². The molecule has 2 N–H and O–H groups in total. The van der Waals surface area contributed by atoms with Gasteiger partial charge < -0.3 is 15.2 Å².